The highest BCUT2D eigenvalue weighted by atomic mass is 19.3. The topological polar surface area (TPSA) is 83.4 Å². The van der Waals surface area contributed by atoms with Crippen LogP contribution in [0.2, 0.25) is 0 Å². The van der Waals surface area contributed by atoms with E-state index in [4.69, 9.17) is 10.00 Å². The zero-order valence-electron chi connectivity index (χ0n) is 22.6. The minimum atomic E-state index is -5.03. The molecule has 2 N–H and O–H groups in total. The largest absolute Gasteiger partial charge is 0.488 e. The molecule has 0 heterocycles. The highest BCUT2D eigenvalue weighted by molar-refractivity contribution is 5.76. The second-order valence-electron chi connectivity index (χ2n) is 9.64. The van der Waals surface area contributed by atoms with Crippen LogP contribution < -0.4 is 20.1 Å². The molecule has 0 saturated heterocycles. The fourth-order valence-corrected chi connectivity index (χ4v) is 4.11. The number of hydrogen-bond donors (Lipinski definition) is 2. The van der Waals surface area contributed by atoms with Crippen molar-refractivity contribution in [3.63, 3.8) is 0 Å². The van der Waals surface area contributed by atoms with Crippen molar-refractivity contribution in [1.82, 2.24) is 10.6 Å². The Kier molecular flexibility index (Phi) is 10.1. The van der Waals surface area contributed by atoms with E-state index in [9.17, 15) is 39.9 Å². The molecule has 0 aliphatic rings. The first-order valence-electron chi connectivity index (χ1n) is 12.6. The second kappa shape index (κ2) is 13.2. The molecule has 6 nitrogen and oxygen atoms in total. The van der Waals surface area contributed by atoms with Crippen molar-refractivity contribution in [3.8, 4) is 17.6 Å². The summed E-state index contributed by atoms with van der Waals surface area (Å²) in [6.07, 6.45) is -10.2. The molecule has 2 amide bonds. The van der Waals surface area contributed by atoms with Crippen molar-refractivity contribution in [2.75, 3.05) is 6.54 Å². The lowest BCUT2D eigenvalue weighted by atomic mass is 9.77. The number of nitriles is 1. The molecule has 1 atom stereocenters. The number of halogens is 8. The van der Waals surface area contributed by atoms with Gasteiger partial charge in [-0.1, -0.05) is 36.4 Å². The fraction of sp³-hybridized carbons (Fsp3) is 0.310. The van der Waals surface area contributed by atoms with Crippen LogP contribution in [0.4, 0.5) is 39.9 Å². The van der Waals surface area contributed by atoms with Gasteiger partial charge in [-0.05, 0) is 54.8 Å². The number of carbonyl (C=O) groups excluding carboxylic acids is 1. The van der Waals surface area contributed by atoms with Gasteiger partial charge in [0.25, 0.3) is 0 Å². The van der Waals surface area contributed by atoms with E-state index < -0.39 is 60.1 Å². The second-order valence-corrected chi connectivity index (χ2v) is 9.64. The first kappa shape index (κ1) is 33.0. The van der Waals surface area contributed by atoms with Crippen molar-refractivity contribution in [3.05, 3.63) is 95.1 Å². The number of alkyl halides is 6. The minimum Gasteiger partial charge on any atom is -0.488 e. The summed E-state index contributed by atoms with van der Waals surface area (Å²) in [4.78, 5) is 13.1. The van der Waals surface area contributed by atoms with Gasteiger partial charge in [0.2, 0.25) is 0 Å². The first-order valence-corrected chi connectivity index (χ1v) is 12.6. The summed E-state index contributed by atoms with van der Waals surface area (Å²) in [7, 11) is 0. The van der Waals surface area contributed by atoms with Gasteiger partial charge in [-0.25, -0.2) is 13.6 Å². The number of benzene rings is 3. The Hall–Kier alpha value is -4.54. The van der Waals surface area contributed by atoms with E-state index >= 15 is 0 Å². The maximum Gasteiger partial charge on any atom is 0.461 e. The molecule has 14 heteroatoms. The predicted octanol–water partition coefficient (Wildman–Crippen LogP) is 6.93. The monoisotopic (exact) mass is 615 g/mol. The number of ether oxygens (including phenoxy) is 2. The fourth-order valence-electron chi connectivity index (χ4n) is 4.11. The van der Waals surface area contributed by atoms with Crippen molar-refractivity contribution in [2.24, 2.45) is 0 Å². The Bertz CT molecular complexity index is 1470. The third-order valence-electron chi connectivity index (χ3n) is 5.93. The van der Waals surface area contributed by atoms with Crippen molar-refractivity contribution < 1.29 is 49.4 Å². The molecule has 0 aliphatic heterocycles. The SMILES string of the molecule is CC(C)Oc1cc([C@@](Cc2ccccc2)(NC(=O)NCC(F)(F)C#N)c2cc(F)cc(OC(F)(F)C(F)F)c2)ccc1F. The van der Waals surface area contributed by atoms with Crippen LogP contribution in [-0.2, 0) is 12.0 Å². The summed E-state index contributed by atoms with van der Waals surface area (Å²) in [5.74, 6) is -7.47. The molecule has 3 aromatic rings. The van der Waals surface area contributed by atoms with Crippen molar-refractivity contribution >= 4 is 6.03 Å². The van der Waals surface area contributed by atoms with E-state index in [0.717, 1.165) is 30.3 Å². The van der Waals surface area contributed by atoms with Gasteiger partial charge in [-0.15, -0.1) is 0 Å². The molecule has 3 aromatic carbocycles. The van der Waals surface area contributed by atoms with E-state index in [1.165, 1.54) is 0 Å². The van der Waals surface area contributed by atoms with Crippen LogP contribution in [0.1, 0.15) is 30.5 Å². The summed E-state index contributed by atoms with van der Waals surface area (Å²) < 4.78 is 120. The molecule has 0 radical (unpaired) electrons. The Balaban J connectivity index is 2.30. The van der Waals surface area contributed by atoms with Gasteiger partial charge >= 0.3 is 24.5 Å². The molecule has 0 aromatic heterocycles. The average Bonchev–Trinajstić information content (AvgIpc) is 2.92. The van der Waals surface area contributed by atoms with E-state index in [-0.39, 0.29) is 23.3 Å². The van der Waals surface area contributed by atoms with Crippen LogP contribution in [0.15, 0.2) is 66.7 Å². The highest BCUT2D eigenvalue weighted by Gasteiger charge is 2.45. The molecule has 0 spiro atoms. The van der Waals surface area contributed by atoms with E-state index in [1.54, 1.807) is 44.2 Å². The van der Waals surface area contributed by atoms with Gasteiger partial charge in [0.15, 0.2) is 11.6 Å². The molecular formula is C29H25F8N3O3. The van der Waals surface area contributed by atoms with Crippen LogP contribution in [0.3, 0.4) is 0 Å². The molecule has 43 heavy (non-hydrogen) atoms. The standard InChI is InChI=1S/C29H25F8N3O3/c1-17(2)42-24-12-19(8-9-23(24)31)28(14-18-6-4-3-5-7-18,40-26(41)39-16-27(34,35)15-38)20-10-21(30)13-22(11-20)43-29(36,37)25(32)33/h3-13,17,25H,14,16H2,1-2H3,(H2,39,40,41)/t28-/m1/s1. The summed E-state index contributed by atoms with van der Waals surface area (Å²) >= 11 is 0. The molecule has 0 saturated carbocycles. The Morgan fingerprint density at radius 2 is 1.63 bits per heavy atom. The number of rotatable bonds is 12. The molecular weight excluding hydrogens is 590 g/mol. The molecule has 0 bridgehead atoms. The normalized spacial score (nSPS) is 13.3. The summed E-state index contributed by atoms with van der Waals surface area (Å²) in [5, 5.41) is 12.9. The highest BCUT2D eigenvalue weighted by Crippen LogP contribution is 2.39. The zero-order valence-corrected chi connectivity index (χ0v) is 22.6. The van der Waals surface area contributed by atoms with Gasteiger partial charge in [0, 0.05) is 12.5 Å². The smallest absolute Gasteiger partial charge is 0.461 e. The Labute approximate surface area is 241 Å². The third kappa shape index (κ3) is 8.50. The van der Waals surface area contributed by atoms with Gasteiger partial charge < -0.3 is 20.1 Å². The molecule has 0 unspecified atom stereocenters. The van der Waals surface area contributed by atoms with Crippen LogP contribution in [0, 0.1) is 23.0 Å². The summed E-state index contributed by atoms with van der Waals surface area (Å²) in [5.41, 5.74) is -2.09. The Morgan fingerprint density at radius 1 is 0.953 bits per heavy atom. The van der Waals surface area contributed by atoms with E-state index in [0.29, 0.717) is 17.7 Å². The quantitative estimate of drug-likeness (QED) is 0.217. The molecule has 230 valence electrons. The number of nitrogens with one attached hydrogen (secondary N) is 2. The number of amides is 2. The lowest BCUT2D eigenvalue weighted by Gasteiger charge is -2.37. The predicted molar refractivity (Wildman–Crippen MR) is 138 cm³/mol. The van der Waals surface area contributed by atoms with Crippen molar-refractivity contribution in [2.45, 2.75) is 50.4 Å². The van der Waals surface area contributed by atoms with Gasteiger partial charge in [-0.2, -0.15) is 31.6 Å². The maximum atomic E-state index is 14.9. The van der Waals surface area contributed by atoms with Crippen molar-refractivity contribution in [1.29, 1.82) is 5.26 Å². The van der Waals surface area contributed by atoms with Crippen LogP contribution >= 0.6 is 0 Å². The number of hydrogen-bond acceptors (Lipinski definition) is 4. The van der Waals surface area contributed by atoms with Gasteiger partial charge in [0.1, 0.15) is 17.6 Å². The average molecular weight is 616 g/mol. The molecule has 0 fully saturated rings. The zero-order chi connectivity index (χ0) is 32.0. The number of carbonyl (C=O) groups is 1. The third-order valence-corrected chi connectivity index (χ3v) is 5.93. The molecule has 3 rings (SSSR count). The van der Waals surface area contributed by atoms with Gasteiger partial charge in [-0.3, -0.25) is 0 Å². The lowest BCUT2D eigenvalue weighted by molar-refractivity contribution is -0.253. The number of urea groups is 1. The van der Waals surface area contributed by atoms with Gasteiger partial charge in [0.05, 0.1) is 18.2 Å². The lowest BCUT2D eigenvalue weighted by Crippen LogP contribution is -2.53. The Morgan fingerprint density at radius 3 is 2.23 bits per heavy atom. The van der Waals surface area contributed by atoms with Crippen LogP contribution in [0.25, 0.3) is 0 Å². The minimum absolute atomic E-state index is 0.0484. The molecule has 0 aliphatic carbocycles. The van der Waals surface area contributed by atoms with E-state index in [2.05, 4.69) is 10.1 Å². The maximum absolute atomic E-state index is 14.9. The number of nitrogens with zero attached hydrogens (tertiary/aromatic N) is 1. The first-order chi connectivity index (χ1) is 20.1. The van der Waals surface area contributed by atoms with Crippen LogP contribution in [-0.4, -0.2) is 37.1 Å². The summed E-state index contributed by atoms with van der Waals surface area (Å²) in [6.45, 7) is 1.73. The van der Waals surface area contributed by atoms with E-state index in [1.807, 2.05) is 5.32 Å². The van der Waals surface area contributed by atoms with Crippen LogP contribution in [0.5, 0.6) is 11.5 Å². The summed E-state index contributed by atoms with van der Waals surface area (Å²) in [6, 6.07) is 12.5.